The number of nitrogens with two attached hydrogens (primary N) is 2. The highest BCUT2D eigenvalue weighted by Gasteiger charge is 2.55. The summed E-state index contributed by atoms with van der Waals surface area (Å²) in [4.78, 5) is 27.2. The number of guanidine groups is 1. The Morgan fingerprint density at radius 3 is 2.43 bits per heavy atom. The zero-order valence-corrected chi connectivity index (χ0v) is 13.3. The van der Waals surface area contributed by atoms with Gasteiger partial charge in [0.25, 0.3) is 0 Å². The third-order valence-corrected chi connectivity index (χ3v) is 4.06. The molecule has 9 nitrogen and oxygen atoms in total. The average molecular weight is 343 g/mol. The molecule has 4 N–H and O–H groups in total. The third-order valence-electron chi connectivity index (χ3n) is 2.94. The number of carbonyl (C=O) groups is 2. The number of rotatable bonds is 6. The Morgan fingerprint density at radius 1 is 1.43 bits per heavy atom. The largest absolute Gasteiger partial charge is 0.467 e. The Labute approximate surface area is 129 Å². The maximum atomic E-state index is 11.8. The topological polar surface area (TPSA) is 145 Å². The van der Waals surface area contributed by atoms with Crippen LogP contribution in [0.3, 0.4) is 0 Å². The fourth-order valence-corrected chi connectivity index (χ4v) is 3.18. The summed E-state index contributed by atoms with van der Waals surface area (Å²) in [6, 6.07) is -1.10. The van der Waals surface area contributed by atoms with E-state index in [2.05, 4.69) is 9.73 Å². The molecule has 0 saturated carbocycles. The second-order valence-corrected chi connectivity index (χ2v) is 6.28. The Balaban J connectivity index is 0.00000400. The van der Waals surface area contributed by atoms with Crippen molar-refractivity contribution in [1.29, 1.82) is 0 Å². The number of ether oxygens (including phenoxy) is 1. The Bertz CT molecular complexity index is 532. The van der Waals surface area contributed by atoms with Gasteiger partial charge >= 0.3 is 5.97 Å². The average Bonchev–Trinajstić information content (AvgIpc) is 2.32. The van der Waals surface area contributed by atoms with E-state index in [1.165, 1.54) is 0 Å². The van der Waals surface area contributed by atoms with Gasteiger partial charge in [0.15, 0.2) is 12.0 Å². The molecule has 1 heterocycles. The molecule has 1 rings (SSSR count). The standard InChI is InChI=1S/C10H18N4O5S.ClH/c1-19-9(16)7-6(4-3-5-13-10(11)12)8(15)14(7)20(2,17)18;/h6-7H,3-5H2,1-2H3,(H4,11,12,13);1H. The van der Waals surface area contributed by atoms with E-state index in [1.807, 2.05) is 0 Å². The number of amides is 1. The molecule has 1 fully saturated rings. The van der Waals surface area contributed by atoms with Crippen LogP contribution in [-0.4, -0.2) is 56.5 Å². The van der Waals surface area contributed by atoms with Gasteiger partial charge < -0.3 is 16.2 Å². The minimum atomic E-state index is -3.78. The fraction of sp³-hybridized carbons (Fsp3) is 0.700. The van der Waals surface area contributed by atoms with Gasteiger partial charge in [-0.2, -0.15) is 0 Å². The van der Waals surface area contributed by atoms with Crippen LogP contribution in [-0.2, 0) is 24.3 Å². The van der Waals surface area contributed by atoms with Gasteiger partial charge in [0.1, 0.15) is 0 Å². The van der Waals surface area contributed by atoms with Crippen molar-refractivity contribution in [2.24, 2.45) is 22.4 Å². The van der Waals surface area contributed by atoms with Crippen LogP contribution in [0, 0.1) is 5.92 Å². The summed E-state index contributed by atoms with van der Waals surface area (Å²) in [5.74, 6) is -2.13. The number of β-lactam (4-membered cyclic amide) rings is 1. The molecule has 11 heteroatoms. The summed E-state index contributed by atoms with van der Waals surface area (Å²) in [7, 11) is -2.64. The van der Waals surface area contributed by atoms with Gasteiger partial charge in [0, 0.05) is 6.54 Å². The third kappa shape index (κ3) is 4.46. The molecule has 2 unspecified atom stereocenters. The molecule has 0 aromatic heterocycles. The zero-order valence-electron chi connectivity index (χ0n) is 11.7. The summed E-state index contributed by atoms with van der Waals surface area (Å²) in [6.45, 7) is 0.304. The van der Waals surface area contributed by atoms with Crippen LogP contribution in [0.15, 0.2) is 4.99 Å². The Hall–Kier alpha value is -1.55. The smallest absolute Gasteiger partial charge is 0.330 e. The molecule has 1 saturated heterocycles. The number of nitrogens with zero attached hydrogens (tertiary/aromatic N) is 2. The monoisotopic (exact) mass is 342 g/mol. The summed E-state index contributed by atoms with van der Waals surface area (Å²) >= 11 is 0. The second kappa shape index (κ2) is 7.46. The first kappa shape index (κ1) is 19.4. The van der Waals surface area contributed by atoms with Crippen molar-refractivity contribution in [3.63, 3.8) is 0 Å². The van der Waals surface area contributed by atoms with Gasteiger partial charge in [0.2, 0.25) is 15.9 Å². The molecule has 2 atom stereocenters. The van der Waals surface area contributed by atoms with E-state index in [9.17, 15) is 18.0 Å². The van der Waals surface area contributed by atoms with Gasteiger partial charge in [0.05, 0.1) is 19.3 Å². The lowest BCUT2D eigenvalue weighted by Gasteiger charge is -2.43. The van der Waals surface area contributed by atoms with Crippen LogP contribution < -0.4 is 11.5 Å². The first-order chi connectivity index (χ1) is 9.20. The van der Waals surface area contributed by atoms with E-state index in [-0.39, 0.29) is 18.4 Å². The number of aliphatic imine (C=N–C) groups is 1. The van der Waals surface area contributed by atoms with Crippen molar-refractivity contribution in [2.45, 2.75) is 18.9 Å². The SMILES string of the molecule is COC(=O)C1C(CCCN=C(N)N)C(=O)N1S(C)(=O)=O.Cl. The number of hydrogen-bond acceptors (Lipinski definition) is 6. The predicted octanol–water partition coefficient (Wildman–Crippen LogP) is -1.58. The van der Waals surface area contributed by atoms with Gasteiger partial charge in [-0.3, -0.25) is 9.79 Å². The molecule has 0 aromatic carbocycles. The highest BCUT2D eigenvalue weighted by molar-refractivity contribution is 7.89. The molecule has 0 aliphatic carbocycles. The maximum Gasteiger partial charge on any atom is 0.330 e. The molecule has 0 spiro atoms. The number of esters is 1. The molecule has 0 radical (unpaired) electrons. The Kier molecular flexibility index (Phi) is 6.91. The minimum absolute atomic E-state index is 0. The van der Waals surface area contributed by atoms with Crippen LogP contribution in [0.2, 0.25) is 0 Å². The highest BCUT2D eigenvalue weighted by Crippen LogP contribution is 2.33. The number of carbonyl (C=O) groups excluding carboxylic acids is 2. The summed E-state index contributed by atoms with van der Waals surface area (Å²) in [5, 5.41) is 0. The summed E-state index contributed by atoms with van der Waals surface area (Å²) in [5.41, 5.74) is 10.3. The molecular formula is C10H19ClN4O5S. The van der Waals surface area contributed by atoms with Crippen molar-refractivity contribution < 1.29 is 22.7 Å². The lowest BCUT2D eigenvalue weighted by Crippen LogP contribution is -2.66. The molecule has 1 aliphatic rings. The van der Waals surface area contributed by atoms with Crippen LogP contribution in [0.4, 0.5) is 0 Å². The molecular weight excluding hydrogens is 324 g/mol. The van der Waals surface area contributed by atoms with Gasteiger partial charge in [-0.05, 0) is 12.8 Å². The zero-order chi connectivity index (χ0) is 15.5. The maximum absolute atomic E-state index is 11.8. The van der Waals surface area contributed by atoms with E-state index in [4.69, 9.17) is 11.5 Å². The van der Waals surface area contributed by atoms with Crippen molar-refractivity contribution in [3.8, 4) is 0 Å². The number of hydrogen-bond donors (Lipinski definition) is 2. The van der Waals surface area contributed by atoms with Crippen molar-refractivity contribution in [3.05, 3.63) is 0 Å². The fourth-order valence-electron chi connectivity index (χ4n) is 2.07. The first-order valence-electron chi connectivity index (χ1n) is 5.86. The minimum Gasteiger partial charge on any atom is -0.467 e. The van der Waals surface area contributed by atoms with E-state index in [0.29, 0.717) is 23.7 Å². The lowest BCUT2D eigenvalue weighted by molar-refractivity contribution is -0.165. The van der Waals surface area contributed by atoms with Crippen molar-refractivity contribution in [2.75, 3.05) is 19.9 Å². The van der Waals surface area contributed by atoms with Gasteiger partial charge in [-0.15, -0.1) is 12.4 Å². The molecule has 0 bridgehead atoms. The van der Waals surface area contributed by atoms with E-state index < -0.39 is 33.9 Å². The van der Waals surface area contributed by atoms with Crippen LogP contribution in [0.25, 0.3) is 0 Å². The molecule has 122 valence electrons. The van der Waals surface area contributed by atoms with Gasteiger partial charge in [-0.1, -0.05) is 0 Å². The first-order valence-corrected chi connectivity index (χ1v) is 7.71. The summed E-state index contributed by atoms with van der Waals surface area (Å²) < 4.78 is 28.0. The van der Waals surface area contributed by atoms with E-state index >= 15 is 0 Å². The molecule has 1 amide bonds. The molecule has 0 aromatic rings. The van der Waals surface area contributed by atoms with E-state index in [1.54, 1.807) is 0 Å². The highest BCUT2D eigenvalue weighted by atomic mass is 35.5. The summed E-state index contributed by atoms with van der Waals surface area (Å²) in [6.07, 6.45) is 1.64. The number of methoxy groups -OCH3 is 1. The molecule has 1 aliphatic heterocycles. The predicted molar refractivity (Wildman–Crippen MR) is 78.1 cm³/mol. The second-order valence-electron chi connectivity index (χ2n) is 4.42. The normalized spacial score (nSPS) is 21.0. The number of sulfonamides is 1. The van der Waals surface area contributed by atoms with Gasteiger partial charge in [-0.25, -0.2) is 17.5 Å². The van der Waals surface area contributed by atoms with Crippen LogP contribution >= 0.6 is 12.4 Å². The Morgan fingerprint density at radius 2 is 2.00 bits per heavy atom. The quantitative estimate of drug-likeness (QED) is 0.195. The van der Waals surface area contributed by atoms with Crippen LogP contribution in [0.1, 0.15) is 12.8 Å². The van der Waals surface area contributed by atoms with E-state index in [0.717, 1.165) is 13.4 Å². The lowest BCUT2D eigenvalue weighted by atomic mass is 9.86. The van der Waals surface area contributed by atoms with Crippen molar-refractivity contribution in [1.82, 2.24) is 4.31 Å². The van der Waals surface area contributed by atoms with Crippen LogP contribution in [0.5, 0.6) is 0 Å². The number of halogens is 1. The molecule has 21 heavy (non-hydrogen) atoms. The van der Waals surface area contributed by atoms with Crippen molar-refractivity contribution >= 4 is 40.3 Å².